The maximum Gasteiger partial charge on any atom is 0.238 e. The standard InChI is InChI=1S/C12H13N5O2S/c1-8(2)12-11(7-13)15-16-17(12)9-3-5-10(6-4-9)20(14,18)19/h3-6,8H,1-2H3,(H2,14,18,19). The highest BCUT2D eigenvalue weighted by molar-refractivity contribution is 7.89. The molecule has 1 aromatic heterocycles. The Kier molecular flexibility index (Phi) is 3.57. The van der Waals surface area contributed by atoms with Gasteiger partial charge in [-0.2, -0.15) is 5.26 Å². The molecular weight excluding hydrogens is 278 g/mol. The highest BCUT2D eigenvalue weighted by Crippen LogP contribution is 2.21. The molecule has 1 aromatic carbocycles. The molecule has 0 atom stereocenters. The summed E-state index contributed by atoms with van der Waals surface area (Å²) in [4.78, 5) is 0.0213. The zero-order chi connectivity index (χ0) is 14.9. The predicted molar refractivity (Wildman–Crippen MR) is 71.5 cm³/mol. The van der Waals surface area contributed by atoms with Crippen molar-refractivity contribution in [2.24, 2.45) is 5.14 Å². The predicted octanol–water partition coefficient (Wildman–Crippen LogP) is 0.910. The van der Waals surface area contributed by atoms with Gasteiger partial charge in [0.2, 0.25) is 10.0 Å². The van der Waals surface area contributed by atoms with Gasteiger partial charge in [0, 0.05) is 0 Å². The van der Waals surface area contributed by atoms with Crippen LogP contribution in [0.15, 0.2) is 29.2 Å². The van der Waals surface area contributed by atoms with E-state index in [0.29, 0.717) is 11.4 Å². The van der Waals surface area contributed by atoms with Gasteiger partial charge in [-0.3, -0.25) is 0 Å². The van der Waals surface area contributed by atoms with Gasteiger partial charge in [0.1, 0.15) is 6.07 Å². The molecule has 0 saturated heterocycles. The number of nitriles is 1. The molecule has 0 fully saturated rings. The number of primary sulfonamides is 1. The van der Waals surface area contributed by atoms with Crippen molar-refractivity contribution in [3.63, 3.8) is 0 Å². The minimum atomic E-state index is -3.73. The average Bonchev–Trinajstić information content (AvgIpc) is 2.81. The molecule has 0 aliphatic rings. The SMILES string of the molecule is CC(C)c1c(C#N)nnn1-c1ccc(S(N)(=O)=O)cc1. The molecule has 104 valence electrons. The fourth-order valence-electron chi connectivity index (χ4n) is 1.85. The highest BCUT2D eigenvalue weighted by Gasteiger charge is 2.17. The maximum atomic E-state index is 11.2. The van der Waals surface area contributed by atoms with Gasteiger partial charge >= 0.3 is 0 Å². The third-order valence-electron chi connectivity index (χ3n) is 2.77. The molecule has 0 spiro atoms. The van der Waals surface area contributed by atoms with Gasteiger partial charge < -0.3 is 0 Å². The summed E-state index contributed by atoms with van der Waals surface area (Å²) in [5, 5.41) is 21.8. The van der Waals surface area contributed by atoms with Crippen LogP contribution in [0.25, 0.3) is 5.69 Å². The number of rotatable bonds is 3. The smallest absolute Gasteiger partial charge is 0.225 e. The average molecular weight is 291 g/mol. The lowest BCUT2D eigenvalue weighted by atomic mass is 10.1. The van der Waals surface area contributed by atoms with Gasteiger partial charge in [0.15, 0.2) is 5.69 Å². The van der Waals surface area contributed by atoms with E-state index in [1.165, 1.54) is 16.8 Å². The summed E-state index contributed by atoms with van der Waals surface area (Å²) < 4.78 is 23.9. The van der Waals surface area contributed by atoms with Crippen molar-refractivity contribution in [2.75, 3.05) is 0 Å². The normalized spacial score (nSPS) is 11.6. The van der Waals surface area contributed by atoms with E-state index in [9.17, 15) is 8.42 Å². The van der Waals surface area contributed by atoms with E-state index in [0.717, 1.165) is 0 Å². The van der Waals surface area contributed by atoms with Crippen LogP contribution in [-0.4, -0.2) is 23.4 Å². The Morgan fingerprint density at radius 3 is 2.35 bits per heavy atom. The molecule has 0 radical (unpaired) electrons. The van der Waals surface area contributed by atoms with Crippen LogP contribution in [0.1, 0.15) is 31.2 Å². The number of nitrogens with zero attached hydrogens (tertiary/aromatic N) is 4. The minimum Gasteiger partial charge on any atom is -0.225 e. The Bertz CT molecular complexity index is 769. The molecule has 7 nitrogen and oxygen atoms in total. The quantitative estimate of drug-likeness (QED) is 0.902. The third kappa shape index (κ3) is 2.54. The summed E-state index contributed by atoms with van der Waals surface area (Å²) in [6.45, 7) is 3.85. The Morgan fingerprint density at radius 1 is 1.30 bits per heavy atom. The number of aromatic nitrogens is 3. The van der Waals surface area contributed by atoms with Gasteiger partial charge in [0.05, 0.1) is 16.3 Å². The molecule has 0 aliphatic heterocycles. The molecule has 0 aliphatic carbocycles. The largest absolute Gasteiger partial charge is 0.238 e. The molecule has 0 unspecified atom stereocenters. The monoisotopic (exact) mass is 291 g/mol. The van der Waals surface area contributed by atoms with Crippen molar-refractivity contribution in [3.05, 3.63) is 35.7 Å². The summed E-state index contributed by atoms with van der Waals surface area (Å²) in [7, 11) is -3.73. The number of hydrogen-bond acceptors (Lipinski definition) is 5. The van der Waals surface area contributed by atoms with Crippen LogP contribution in [0.4, 0.5) is 0 Å². The summed E-state index contributed by atoms with van der Waals surface area (Å²) in [5.74, 6) is 0.0533. The van der Waals surface area contributed by atoms with Crippen molar-refractivity contribution in [1.82, 2.24) is 15.0 Å². The van der Waals surface area contributed by atoms with Gasteiger partial charge in [-0.1, -0.05) is 19.1 Å². The molecule has 2 N–H and O–H groups in total. The van der Waals surface area contributed by atoms with E-state index in [-0.39, 0.29) is 16.5 Å². The van der Waals surface area contributed by atoms with Crippen LogP contribution in [0.2, 0.25) is 0 Å². The molecule has 1 heterocycles. The third-order valence-corrected chi connectivity index (χ3v) is 3.70. The first-order chi connectivity index (χ1) is 9.34. The Morgan fingerprint density at radius 2 is 1.90 bits per heavy atom. The summed E-state index contributed by atoms with van der Waals surface area (Å²) >= 11 is 0. The van der Waals surface area contributed by atoms with Crippen LogP contribution >= 0.6 is 0 Å². The molecule has 2 rings (SSSR count). The number of benzene rings is 1. The van der Waals surface area contributed by atoms with E-state index in [2.05, 4.69) is 10.3 Å². The minimum absolute atomic E-state index is 0.0213. The van der Waals surface area contributed by atoms with Gasteiger partial charge in [-0.25, -0.2) is 18.2 Å². The van der Waals surface area contributed by atoms with E-state index >= 15 is 0 Å². The summed E-state index contributed by atoms with van der Waals surface area (Å²) in [6.07, 6.45) is 0. The zero-order valence-electron chi connectivity index (χ0n) is 11.0. The van der Waals surface area contributed by atoms with Crippen LogP contribution in [0, 0.1) is 11.3 Å². The Hall–Kier alpha value is -2.24. The fourth-order valence-corrected chi connectivity index (χ4v) is 2.37. The van der Waals surface area contributed by atoms with Crippen LogP contribution in [0.3, 0.4) is 0 Å². The van der Waals surface area contributed by atoms with Crippen molar-refractivity contribution in [2.45, 2.75) is 24.7 Å². The number of nitrogens with two attached hydrogens (primary N) is 1. The van der Waals surface area contributed by atoms with Gasteiger partial charge in [0.25, 0.3) is 0 Å². The lowest BCUT2D eigenvalue weighted by Gasteiger charge is -2.09. The highest BCUT2D eigenvalue weighted by atomic mass is 32.2. The Labute approximate surface area is 116 Å². The molecular formula is C12H13N5O2S. The van der Waals surface area contributed by atoms with E-state index < -0.39 is 10.0 Å². The summed E-state index contributed by atoms with van der Waals surface area (Å²) in [5.41, 5.74) is 1.56. The first-order valence-electron chi connectivity index (χ1n) is 5.83. The second-order valence-corrected chi connectivity index (χ2v) is 6.10. The molecule has 8 heteroatoms. The van der Waals surface area contributed by atoms with Gasteiger partial charge in [-0.05, 0) is 30.2 Å². The second-order valence-electron chi connectivity index (χ2n) is 4.54. The van der Waals surface area contributed by atoms with Crippen LogP contribution in [-0.2, 0) is 10.0 Å². The number of hydrogen-bond donors (Lipinski definition) is 1. The molecule has 0 saturated carbocycles. The maximum absolute atomic E-state index is 11.2. The van der Waals surface area contributed by atoms with Gasteiger partial charge in [-0.15, -0.1) is 5.10 Å². The zero-order valence-corrected chi connectivity index (χ0v) is 11.8. The summed E-state index contributed by atoms with van der Waals surface area (Å²) in [6, 6.07) is 7.92. The topological polar surface area (TPSA) is 115 Å². The van der Waals surface area contributed by atoms with Crippen molar-refractivity contribution >= 4 is 10.0 Å². The molecule has 0 amide bonds. The van der Waals surface area contributed by atoms with E-state index in [1.807, 2.05) is 19.9 Å². The molecule has 20 heavy (non-hydrogen) atoms. The number of sulfonamides is 1. The van der Waals surface area contributed by atoms with Crippen molar-refractivity contribution < 1.29 is 8.42 Å². The first kappa shape index (κ1) is 14.2. The van der Waals surface area contributed by atoms with Crippen molar-refractivity contribution in [1.29, 1.82) is 5.26 Å². The molecule has 2 aromatic rings. The molecule has 0 bridgehead atoms. The van der Waals surface area contributed by atoms with Crippen molar-refractivity contribution in [3.8, 4) is 11.8 Å². The lowest BCUT2D eigenvalue weighted by Crippen LogP contribution is -2.12. The fraction of sp³-hybridized carbons (Fsp3) is 0.250. The lowest BCUT2D eigenvalue weighted by molar-refractivity contribution is 0.597. The van der Waals surface area contributed by atoms with E-state index in [4.69, 9.17) is 10.4 Å². The van der Waals surface area contributed by atoms with Crippen LogP contribution in [0.5, 0.6) is 0 Å². The Balaban J connectivity index is 2.53. The van der Waals surface area contributed by atoms with Crippen LogP contribution < -0.4 is 5.14 Å². The first-order valence-corrected chi connectivity index (χ1v) is 7.38. The van der Waals surface area contributed by atoms with E-state index in [1.54, 1.807) is 12.1 Å². The second kappa shape index (κ2) is 5.03.